The zero-order valence-corrected chi connectivity index (χ0v) is 22.9. The number of ether oxygens (including phenoxy) is 2. The molecule has 0 radical (unpaired) electrons. The van der Waals surface area contributed by atoms with Crippen molar-refractivity contribution in [2.24, 2.45) is 17.8 Å². The van der Waals surface area contributed by atoms with Crippen LogP contribution in [-0.4, -0.2) is 104 Å². The van der Waals surface area contributed by atoms with E-state index in [1.54, 1.807) is 18.9 Å². The van der Waals surface area contributed by atoms with E-state index in [2.05, 4.69) is 28.3 Å². The molecule has 36 heavy (non-hydrogen) atoms. The van der Waals surface area contributed by atoms with Crippen molar-refractivity contribution >= 4 is 23.6 Å². The summed E-state index contributed by atoms with van der Waals surface area (Å²) in [6, 6.07) is 0.375. The molecule has 4 heterocycles. The summed E-state index contributed by atoms with van der Waals surface area (Å²) in [5.74, 6) is 1.03. The molecule has 10 unspecified atom stereocenters. The fourth-order valence-electron chi connectivity index (χ4n) is 7.15. The van der Waals surface area contributed by atoms with Crippen LogP contribution < -0.4 is 21.4 Å². The Morgan fingerprint density at radius 2 is 1.86 bits per heavy atom. The average molecular weight is 525 g/mol. The number of thioether (sulfide) groups is 1. The molecule has 0 spiro atoms. The van der Waals surface area contributed by atoms with Crippen molar-refractivity contribution < 1.29 is 19.1 Å². The third-order valence-electron chi connectivity index (χ3n) is 9.10. The number of carbonyl (C=O) groups is 2. The summed E-state index contributed by atoms with van der Waals surface area (Å²) < 4.78 is 11.3. The molecular formula is C25H44N6O4S. The molecule has 1 saturated carbocycles. The Hall–Kier alpha value is -0.950. The zero-order valence-electron chi connectivity index (χ0n) is 22.1. The van der Waals surface area contributed by atoms with Gasteiger partial charge in [-0.25, -0.2) is 10.4 Å². The summed E-state index contributed by atoms with van der Waals surface area (Å²) in [7, 11) is 5.40. The fourth-order valence-corrected chi connectivity index (χ4v) is 8.56. The molecule has 5 rings (SSSR count). The Balaban J connectivity index is 1.14. The molecule has 4 saturated heterocycles. The monoisotopic (exact) mass is 524 g/mol. The van der Waals surface area contributed by atoms with Gasteiger partial charge in [0.25, 0.3) is 0 Å². The van der Waals surface area contributed by atoms with Gasteiger partial charge in [0.05, 0.1) is 12.0 Å². The van der Waals surface area contributed by atoms with E-state index >= 15 is 0 Å². The van der Waals surface area contributed by atoms with Crippen LogP contribution in [0.15, 0.2) is 0 Å². The number of hydrogen-bond acceptors (Lipinski definition) is 9. The minimum atomic E-state index is -0.242. The van der Waals surface area contributed by atoms with Gasteiger partial charge in [0.1, 0.15) is 17.8 Å². The van der Waals surface area contributed by atoms with E-state index < -0.39 is 0 Å². The smallest absolute Gasteiger partial charge is 0.241 e. The van der Waals surface area contributed by atoms with Gasteiger partial charge < -0.3 is 25.0 Å². The number of likely N-dealkylation sites (tertiary alicyclic amines) is 1. The zero-order chi connectivity index (χ0) is 25.4. The first-order valence-corrected chi connectivity index (χ1v) is 14.6. The quantitative estimate of drug-likeness (QED) is 0.390. The lowest BCUT2D eigenvalue weighted by molar-refractivity contribution is -0.133. The molecule has 204 valence electrons. The molecule has 0 aromatic heterocycles. The van der Waals surface area contributed by atoms with E-state index in [0.717, 1.165) is 25.8 Å². The molecule has 5 fully saturated rings. The van der Waals surface area contributed by atoms with Gasteiger partial charge in [-0.3, -0.25) is 14.9 Å². The first-order valence-electron chi connectivity index (χ1n) is 13.7. The Kier molecular flexibility index (Phi) is 8.46. The van der Waals surface area contributed by atoms with E-state index in [4.69, 9.17) is 9.47 Å². The van der Waals surface area contributed by atoms with Crippen LogP contribution in [0.5, 0.6) is 0 Å². The summed E-state index contributed by atoms with van der Waals surface area (Å²) in [6.07, 6.45) is 6.56. The highest BCUT2D eigenvalue weighted by Crippen LogP contribution is 2.40. The van der Waals surface area contributed by atoms with Crippen LogP contribution in [0.25, 0.3) is 0 Å². The lowest BCUT2D eigenvalue weighted by atomic mass is 9.68. The number of nitrogens with zero attached hydrogens (tertiary/aromatic N) is 2. The SMILES string of the molecule is COC1CCCCC1C1CC(C)NCC1C(=O)NC1NC2CN(C(=O)C3CC(OC)N(C)N3)CC2S1. The van der Waals surface area contributed by atoms with Crippen molar-refractivity contribution in [2.75, 3.05) is 40.9 Å². The van der Waals surface area contributed by atoms with Crippen LogP contribution in [0.1, 0.15) is 45.4 Å². The molecule has 10 nitrogen and oxygen atoms in total. The molecule has 0 bridgehead atoms. The molecule has 2 amide bonds. The summed E-state index contributed by atoms with van der Waals surface area (Å²) in [4.78, 5) is 28.6. The van der Waals surface area contributed by atoms with E-state index in [1.165, 1.54) is 12.8 Å². The fraction of sp³-hybridized carbons (Fsp3) is 0.920. The van der Waals surface area contributed by atoms with E-state index in [-0.39, 0.29) is 52.9 Å². The largest absolute Gasteiger partial charge is 0.381 e. The number of carbonyl (C=O) groups excluding carboxylic acids is 2. The topological polar surface area (TPSA) is 107 Å². The van der Waals surface area contributed by atoms with Crippen molar-refractivity contribution in [1.82, 2.24) is 31.3 Å². The average Bonchev–Trinajstić information content (AvgIpc) is 3.56. The number of hydrazine groups is 1. The van der Waals surface area contributed by atoms with Crippen LogP contribution >= 0.6 is 11.8 Å². The predicted molar refractivity (Wildman–Crippen MR) is 139 cm³/mol. The van der Waals surface area contributed by atoms with Gasteiger partial charge in [0.15, 0.2) is 0 Å². The molecule has 1 aliphatic carbocycles. The second-order valence-corrected chi connectivity index (χ2v) is 12.7. The number of nitrogens with one attached hydrogen (secondary N) is 4. The van der Waals surface area contributed by atoms with Crippen LogP contribution in [0.4, 0.5) is 0 Å². The minimum absolute atomic E-state index is 0.0398. The van der Waals surface area contributed by atoms with E-state index in [0.29, 0.717) is 37.4 Å². The minimum Gasteiger partial charge on any atom is -0.381 e. The summed E-state index contributed by atoms with van der Waals surface area (Å²) >= 11 is 1.75. The molecule has 11 heteroatoms. The number of fused-ring (bicyclic) bond motifs is 1. The highest BCUT2D eigenvalue weighted by Gasteiger charge is 2.47. The van der Waals surface area contributed by atoms with E-state index in [9.17, 15) is 9.59 Å². The van der Waals surface area contributed by atoms with Gasteiger partial charge in [-0.2, -0.15) is 0 Å². The van der Waals surface area contributed by atoms with Gasteiger partial charge in [-0.15, -0.1) is 11.8 Å². The van der Waals surface area contributed by atoms with Crippen molar-refractivity contribution in [1.29, 1.82) is 0 Å². The number of methoxy groups -OCH3 is 2. The Morgan fingerprint density at radius 3 is 2.58 bits per heavy atom. The number of amides is 2. The third-order valence-corrected chi connectivity index (χ3v) is 10.5. The van der Waals surface area contributed by atoms with Crippen LogP contribution in [0.3, 0.4) is 0 Å². The van der Waals surface area contributed by atoms with Gasteiger partial charge in [-0.1, -0.05) is 12.8 Å². The van der Waals surface area contributed by atoms with Crippen LogP contribution in [0.2, 0.25) is 0 Å². The standard InChI is InChI=1S/C25H44N6O4S/c1-14-9-16(15-7-5-6-8-20(15)34-3)17(11-26-14)23(32)28-25-27-19-12-31(13-21(19)36-25)24(33)18-10-22(35-4)30(2)29-18/h14-22,25-27,29H,5-13H2,1-4H3,(H,28,32). The second-order valence-electron chi connectivity index (χ2n) is 11.3. The lowest BCUT2D eigenvalue weighted by Crippen LogP contribution is -2.55. The maximum Gasteiger partial charge on any atom is 0.241 e. The highest BCUT2D eigenvalue weighted by molar-refractivity contribution is 8.00. The Labute approximate surface area is 219 Å². The lowest BCUT2D eigenvalue weighted by Gasteiger charge is -2.44. The van der Waals surface area contributed by atoms with Gasteiger partial charge in [-0.05, 0) is 38.0 Å². The number of piperidine rings is 1. The first-order chi connectivity index (χ1) is 17.4. The van der Waals surface area contributed by atoms with Gasteiger partial charge in [0.2, 0.25) is 11.8 Å². The van der Waals surface area contributed by atoms with Gasteiger partial charge in [0, 0.05) is 64.7 Å². The summed E-state index contributed by atoms with van der Waals surface area (Å²) in [6.45, 7) is 4.33. The van der Waals surface area contributed by atoms with Crippen molar-refractivity contribution in [2.45, 2.75) is 86.7 Å². The first kappa shape index (κ1) is 26.6. The third kappa shape index (κ3) is 5.43. The van der Waals surface area contributed by atoms with Crippen molar-refractivity contribution in [3.05, 3.63) is 0 Å². The normalized spacial score (nSPS) is 43.5. The maximum absolute atomic E-state index is 13.5. The molecule has 0 aromatic carbocycles. The van der Waals surface area contributed by atoms with Crippen molar-refractivity contribution in [3.8, 4) is 0 Å². The second kappa shape index (κ2) is 11.4. The van der Waals surface area contributed by atoms with Crippen LogP contribution in [0, 0.1) is 17.8 Å². The van der Waals surface area contributed by atoms with Crippen molar-refractivity contribution in [3.63, 3.8) is 0 Å². The Morgan fingerprint density at radius 1 is 1.06 bits per heavy atom. The molecule has 0 aromatic rings. The Bertz CT molecular complexity index is 793. The summed E-state index contributed by atoms with van der Waals surface area (Å²) in [5, 5.41) is 12.6. The molecule has 10 atom stereocenters. The maximum atomic E-state index is 13.5. The van der Waals surface area contributed by atoms with Crippen LogP contribution in [-0.2, 0) is 19.1 Å². The molecular weight excluding hydrogens is 480 g/mol. The molecule has 4 N–H and O–H groups in total. The number of hydrogen-bond donors (Lipinski definition) is 4. The molecule has 4 aliphatic heterocycles. The number of rotatable bonds is 6. The van der Waals surface area contributed by atoms with Gasteiger partial charge >= 0.3 is 0 Å². The molecule has 5 aliphatic rings. The highest BCUT2D eigenvalue weighted by atomic mass is 32.2. The summed E-state index contributed by atoms with van der Waals surface area (Å²) in [5.41, 5.74) is 3.12. The van der Waals surface area contributed by atoms with E-state index in [1.807, 2.05) is 24.1 Å². The predicted octanol–water partition coefficient (Wildman–Crippen LogP) is 0.303.